The van der Waals surface area contributed by atoms with Crippen LogP contribution in [0.1, 0.15) is 22.3 Å². The Bertz CT molecular complexity index is 644. The van der Waals surface area contributed by atoms with Crippen molar-refractivity contribution < 1.29 is 18.3 Å². The predicted octanol–water partition coefficient (Wildman–Crippen LogP) is 1.38. The molecule has 1 aliphatic heterocycles. The van der Waals surface area contributed by atoms with E-state index in [-0.39, 0.29) is 36.6 Å². The summed E-state index contributed by atoms with van der Waals surface area (Å²) in [7, 11) is -3.08. The fourth-order valence-electron chi connectivity index (χ4n) is 2.54. The predicted molar refractivity (Wildman–Crippen MR) is 84.1 cm³/mol. The number of hydrogen-bond acceptors (Lipinski definition) is 4. The van der Waals surface area contributed by atoms with Gasteiger partial charge < -0.3 is 10.0 Å². The molecule has 1 aliphatic rings. The van der Waals surface area contributed by atoms with Crippen molar-refractivity contribution in [2.24, 2.45) is 0 Å². The molecule has 1 N–H and O–H groups in total. The molecule has 0 aromatic heterocycles. The Morgan fingerprint density at radius 3 is 2.76 bits per heavy atom. The average molecular weight is 376 g/mol. The van der Waals surface area contributed by atoms with Crippen LogP contribution >= 0.6 is 15.9 Å². The maximum Gasteiger partial charge on any atom is 0.255 e. The molecule has 0 spiro atoms. The molecule has 7 heteroatoms. The van der Waals surface area contributed by atoms with Crippen molar-refractivity contribution in [2.75, 3.05) is 24.7 Å². The summed E-state index contributed by atoms with van der Waals surface area (Å²) in [5.41, 5.74) is 1.44. The summed E-state index contributed by atoms with van der Waals surface area (Å²) in [6.45, 7) is 1.84. The fraction of sp³-hybridized carbons (Fsp3) is 0.500. The van der Waals surface area contributed by atoms with Crippen molar-refractivity contribution in [3.63, 3.8) is 0 Å². The van der Waals surface area contributed by atoms with Gasteiger partial charge in [0, 0.05) is 17.1 Å². The number of amides is 1. The summed E-state index contributed by atoms with van der Waals surface area (Å²) in [4.78, 5) is 14.2. The van der Waals surface area contributed by atoms with Crippen LogP contribution in [0.2, 0.25) is 0 Å². The van der Waals surface area contributed by atoms with E-state index in [9.17, 15) is 18.3 Å². The van der Waals surface area contributed by atoms with E-state index in [1.54, 1.807) is 12.1 Å². The normalized spacial score (nSPS) is 20.4. The van der Waals surface area contributed by atoms with Crippen LogP contribution in [-0.4, -0.2) is 55.0 Å². The highest BCUT2D eigenvalue weighted by Crippen LogP contribution is 2.24. The Hall–Kier alpha value is -0.920. The first kappa shape index (κ1) is 16.5. The molecular formula is C14H18BrNO4S. The molecule has 0 saturated carbocycles. The minimum atomic E-state index is -3.08. The molecule has 0 bridgehead atoms. The zero-order valence-electron chi connectivity index (χ0n) is 11.8. The van der Waals surface area contributed by atoms with Crippen LogP contribution in [0.25, 0.3) is 0 Å². The van der Waals surface area contributed by atoms with Gasteiger partial charge in [0.15, 0.2) is 9.84 Å². The molecular weight excluding hydrogens is 358 g/mol. The van der Waals surface area contributed by atoms with Crippen molar-refractivity contribution in [3.05, 3.63) is 33.8 Å². The van der Waals surface area contributed by atoms with Crippen LogP contribution in [-0.2, 0) is 9.84 Å². The maximum absolute atomic E-state index is 12.7. The number of carbonyl (C=O) groups is 1. The molecule has 1 aromatic rings. The molecule has 0 radical (unpaired) electrons. The number of aliphatic hydroxyl groups is 1. The summed E-state index contributed by atoms with van der Waals surface area (Å²) < 4.78 is 23.9. The molecule has 5 nitrogen and oxygen atoms in total. The van der Waals surface area contributed by atoms with Crippen molar-refractivity contribution in [2.45, 2.75) is 19.4 Å². The second kappa shape index (κ2) is 6.46. The molecule has 1 saturated heterocycles. The summed E-state index contributed by atoms with van der Waals surface area (Å²) in [5, 5.41) is 9.19. The van der Waals surface area contributed by atoms with Crippen LogP contribution < -0.4 is 0 Å². The van der Waals surface area contributed by atoms with E-state index in [0.717, 1.165) is 5.56 Å². The lowest BCUT2D eigenvalue weighted by atomic mass is 10.1. The van der Waals surface area contributed by atoms with Crippen molar-refractivity contribution in [1.29, 1.82) is 0 Å². The molecule has 1 unspecified atom stereocenters. The SMILES string of the molecule is Cc1ccc(Br)c(C(=O)N(CCO)C2CCS(=O)(=O)C2)c1. The number of hydrogen-bond donors (Lipinski definition) is 1. The molecule has 1 amide bonds. The van der Waals surface area contributed by atoms with Gasteiger partial charge in [0.25, 0.3) is 5.91 Å². The zero-order chi connectivity index (χ0) is 15.6. The third-order valence-electron chi connectivity index (χ3n) is 3.60. The lowest BCUT2D eigenvalue weighted by Gasteiger charge is -2.28. The van der Waals surface area contributed by atoms with E-state index in [0.29, 0.717) is 16.5 Å². The van der Waals surface area contributed by atoms with Gasteiger partial charge in [-0.25, -0.2) is 8.42 Å². The number of aliphatic hydroxyl groups excluding tert-OH is 1. The van der Waals surface area contributed by atoms with Gasteiger partial charge in [0.2, 0.25) is 0 Å². The molecule has 1 fully saturated rings. The fourth-order valence-corrected chi connectivity index (χ4v) is 4.68. The van der Waals surface area contributed by atoms with Gasteiger partial charge in [-0.2, -0.15) is 0 Å². The Morgan fingerprint density at radius 2 is 2.19 bits per heavy atom. The van der Waals surface area contributed by atoms with E-state index < -0.39 is 9.84 Å². The Morgan fingerprint density at radius 1 is 1.48 bits per heavy atom. The molecule has 2 rings (SSSR count). The third kappa shape index (κ3) is 3.84. The number of halogens is 1. The van der Waals surface area contributed by atoms with Gasteiger partial charge in [-0.3, -0.25) is 4.79 Å². The molecule has 21 heavy (non-hydrogen) atoms. The lowest BCUT2D eigenvalue weighted by molar-refractivity contribution is 0.0654. The Kier molecular flexibility index (Phi) is 5.06. The number of rotatable bonds is 4. The van der Waals surface area contributed by atoms with Crippen LogP contribution in [0.4, 0.5) is 0 Å². The molecule has 1 aromatic carbocycles. The van der Waals surface area contributed by atoms with Gasteiger partial charge in [-0.15, -0.1) is 0 Å². The number of nitrogens with zero attached hydrogens (tertiary/aromatic N) is 1. The van der Waals surface area contributed by atoms with Crippen LogP contribution in [0, 0.1) is 6.92 Å². The zero-order valence-corrected chi connectivity index (χ0v) is 14.2. The molecule has 1 heterocycles. The van der Waals surface area contributed by atoms with E-state index in [1.165, 1.54) is 4.90 Å². The molecule has 1 atom stereocenters. The van der Waals surface area contributed by atoms with Gasteiger partial charge in [-0.1, -0.05) is 11.6 Å². The number of carbonyl (C=O) groups excluding carboxylic acids is 1. The average Bonchev–Trinajstić information content (AvgIpc) is 2.78. The minimum Gasteiger partial charge on any atom is -0.395 e. The first-order chi connectivity index (χ1) is 9.84. The highest BCUT2D eigenvalue weighted by atomic mass is 79.9. The summed E-state index contributed by atoms with van der Waals surface area (Å²) in [5.74, 6) is -0.175. The minimum absolute atomic E-state index is 0.0256. The second-order valence-corrected chi connectivity index (χ2v) is 8.35. The van der Waals surface area contributed by atoms with Gasteiger partial charge in [-0.05, 0) is 41.4 Å². The van der Waals surface area contributed by atoms with E-state index in [1.807, 2.05) is 13.0 Å². The summed E-state index contributed by atoms with van der Waals surface area (Å²) in [6.07, 6.45) is 0.428. The largest absolute Gasteiger partial charge is 0.395 e. The van der Waals surface area contributed by atoms with E-state index in [4.69, 9.17) is 0 Å². The van der Waals surface area contributed by atoms with Gasteiger partial charge in [0.05, 0.1) is 23.7 Å². The maximum atomic E-state index is 12.7. The van der Waals surface area contributed by atoms with E-state index in [2.05, 4.69) is 15.9 Å². The van der Waals surface area contributed by atoms with Gasteiger partial charge >= 0.3 is 0 Å². The Labute approximate surface area is 133 Å². The molecule has 116 valence electrons. The first-order valence-corrected chi connectivity index (χ1v) is 9.34. The van der Waals surface area contributed by atoms with Crippen LogP contribution in [0.15, 0.2) is 22.7 Å². The lowest BCUT2D eigenvalue weighted by Crippen LogP contribution is -2.43. The number of aryl methyl sites for hydroxylation is 1. The summed E-state index contributed by atoms with van der Waals surface area (Å²) >= 11 is 3.35. The quantitative estimate of drug-likeness (QED) is 0.862. The van der Waals surface area contributed by atoms with E-state index >= 15 is 0 Å². The smallest absolute Gasteiger partial charge is 0.255 e. The standard InChI is InChI=1S/C14H18BrNO4S/c1-10-2-3-13(15)12(8-10)14(18)16(5-6-17)11-4-7-21(19,20)9-11/h2-3,8,11,17H,4-7,9H2,1H3. The van der Waals surface area contributed by atoms with Crippen molar-refractivity contribution in [1.82, 2.24) is 4.90 Å². The monoisotopic (exact) mass is 375 g/mol. The van der Waals surface area contributed by atoms with Crippen LogP contribution in [0.3, 0.4) is 0 Å². The Balaban J connectivity index is 2.30. The second-order valence-electron chi connectivity index (χ2n) is 5.26. The third-order valence-corrected chi connectivity index (χ3v) is 6.05. The van der Waals surface area contributed by atoms with Gasteiger partial charge in [0.1, 0.15) is 0 Å². The van der Waals surface area contributed by atoms with Crippen LogP contribution in [0.5, 0.6) is 0 Å². The number of sulfone groups is 1. The highest BCUT2D eigenvalue weighted by Gasteiger charge is 2.35. The first-order valence-electron chi connectivity index (χ1n) is 6.72. The number of benzene rings is 1. The highest BCUT2D eigenvalue weighted by molar-refractivity contribution is 9.10. The van der Waals surface area contributed by atoms with Crippen molar-refractivity contribution >= 4 is 31.7 Å². The topological polar surface area (TPSA) is 74.7 Å². The molecule has 0 aliphatic carbocycles. The van der Waals surface area contributed by atoms with Crippen molar-refractivity contribution in [3.8, 4) is 0 Å². The summed E-state index contributed by atoms with van der Waals surface area (Å²) in [6, 6.07) is 5.09.